The SMILES string of the molecule is CC1CCCC(OCC(O)CNCCOCC2CC2)C1. The molecular formula is C16H31NO3. The Hall–Kier alpha value is -0.160. The maximum absolute atomic E-state index is 9.87. The predicted molar refractivity (Wildman–Crippen MR) is 79.8 cm³/mol. The van der Waals surface area contributed by atoms with E-state index in [1.165, 1.54) is 25.7 Å². The zero-order valence-corrected chi connectivity index (χ0v) is 12.9. The van der Waals surface area contributed by atoms with Gasteiger partial charge in [0.25, 0.3) is 0 Å². The average Bonchev–Trinajstić information content (AvgIpc) is 3.24. The molecule has 0 aromatic heterocycles. The number of hydrogen-bond donors (Lipinski definition) is 2. The summed E-state index contributed by atoms with van der Waals surface area (Å²) < 4.78 is 11.3. The molecule has 0 amide bonds. The van der Waals surface area contributed by atoms with E-state index >= 15 is 0 Å². The first-order valence-corrected chi connectivity index (χ1v) is 8.32. The van der Waals surface area contributed by atoms with Gasteiger partial charge in [0.1, 0.15) is 0 Å². The lowest BCUT2D eigenvalue weighted by atomic mass is 9.89. The summed E-state index contributed by atoms with van der Waals surface area (Å²) in [5.41, 5.74) is 0. The largest absolute Gasteiger partial charge is 0.389 e. The van der Waals surface area contributed by atoms with Crippen molar-refractivity contribution in [2.75, 3.05) is 32.9 Å². The van der Waals surface area contributed by atoms with Gasteiger partial charge in [-0.15, -0.1) is 0 Å². The molecule has 0 heterocycles. The number of nitrogens with one attached hydrogen (secondary N) is 1. The molecule has 0 spiro atoms. The second kappa shape index (κ2) is 8.98. The van der Waals surface area contributed by atoms with Crippen LogP contribution in [0.25, 0.3) is 0 Å². The van der Waals surface area contributed by atoms with Gasteiger partial charge >= 0.3 is 0 Å². The van der Waals surface area contributed by atoms with E-state index in [9.17, 15) is 5.11 Å². The Balaban J connectivity index is 1.40. The summed E-state index contributed by atoms with van der Waals surface area (Å²) in [6, 6.07) is 0. The molecule has 2 rings (SSSR count). The third kappa shape index (κ3) is 7.02. The molecule has 4 nitrogen and oxygen atoms in total. The smallest absolute Gasteiger partial charge is 0.0897 e. The fourth-order valence-electron chi connectivity index (χ4n) is 2.78. The molecule has 3 unspecified atom stereocenters. The summed E-state index contributed by atoms with van der Waals surface area (Å²) in [4.78, 5) is 0. The van der Waals surface area contributed by atoms with Gasteiger partial charge < -0.3 is 19.9 Å². The van der Waals surface area contributed by atoms with Crippen LogP contribution in [-0.2, 0) is 9.47 Å². The Morgan fingerprint density at radius 3 is 2.85 bits per heavy atom. The molecule has 4 heteroatoms. The number of aliphatic hydroxyl groups excluding tert-OH is 1. The van der Waals surface area contributed by atoms with E-state index in [1.807, 2.05) is 0 Å². The quantitative estimate of drug-likeness (QED) is 0.603. The van der Waals surface area contributed by atoms with Crippen LogP contribution in [0.4, 0.5) is 0 Å². The van der Waals surface area contributed by atoms with Gasteiger partial charge in [-0.25, -0.2) is 0 Å². The van der Waals surface area contributed by atoms with E-state index in [0.717, 1.165) is 44.4 Å². The first-order valence-electron chi connectivity index (χ1n) is 8.32. The molecule has 2 fully saturated rings. The van der Waals surface area contributed by atoms with Crippen molar-refractivity contribution in [3.63, 3.8) is 0 Å². The van der Waals surface area contributed by atoms with Crippen LogP contribution < -0.4 is 5.32 Å². The highest BCUT2D eigenvalue weighted by Crippen LogP contribution is 2.28. The van der Waals surface area contributed by atoms with Gasteiger partial charge in [-0.05, 0) is 37.5 Å². The minimum atomic E-state index is -0.407. The van der Waals surface area contributed by atoms with Crippen molar-refractivity contribution in [2.45, 2.75) is 57.7 Å². The van der Waals surface area contributed by atoms with Gasteiger partial charge in [0.2, 0.25) is 0 Å². The minimum absolute atomic E-state index is 0.357. The second-order valence-corrected chi connectivity index (χ2v) is 6.60. The Labute approximate surface area is 123 Å². The first-order chi connectivity index (χ1) is 9.74. The van der Waals surface area contributed by atoms with Crippen molar-refractivity contribution in [3.05, 3.63) is 0 Å². The zero-order valence-electron chi connectivity index (χ0n) is 12.9. The van der Waals surface area contributed by atoms with E-state index in [0.29, 0.717) is 19.3 Å². The molecule has 0 radical (unpaired) electrons. The summed E-state index contributed by atoms with van der Waals surface area (Å²) in [7, 11) is 0. The van der Waals surface area contributed by atoms with Crippen LogP contribution in [0.3, 0.4) is 0 Å². The lowest BCUT2D eigenvalue weighted by Gasteiger charge is -2.27. The van der Waals surface area contributed by atoms with E-state index in [1.54, 1.807) is 0 Å². The fourth-order valence-corrected chi connectivity index (χ4v) is 2.78. The maximum Gasteiger partial charge on any atom is 0.0897 e. The Kier molecular flexibility index (Phi) is 7.28. The molecule has 2 N–H and O–H groups in total. The lowest BCUT2D eigenvalue weighted by Crippen LogP contribution is -2.34. The van der Waals surface area contributed by atoms with Gasteiger partial charge in [-0.2, -0.15) is 0 Å². The van der Waals surface area contributed by atoms with Crippen LogP contribution in [0.2, 0.25) is 0 Å². The molecule has 3 atom stereocenters. The van der Waals surface area contributed by atoms with E-state index in [-0.39, 0.29) is 0 Å². The highest BCUT2D eigenvalue weighted by atomic mass is 16.5. The molecule has 0 bridgehead atoms. The average molecular weight is 285 g/mol. The van der Waals surface area contributed by atoms with Crippen molar-refractivity contribution < 1.29 is 14.6 Å². The van der Waals surface area contributed by atoms with Crippen LogP contribution in [-0.4, -0.2) is 50.2 Å². The second-order valence-electron chi connectivity index (χ2n) is 6.60. The molecule has 20 heavy (non-hydrogen) atoms. The number of aliphatic hydroxyl groups is 1. The van der Waals surface area contributed by atoms with Crippen LogP contribution in [0.5, 0.6) is 0 Å². The van der Waals surface area contributed by atoms with Crippen LogP contribution in [0.15, 0.2) is 0 Å². The number of hydrogen-bond acceptors (Lipinski definition) is 4. The normalized spacial score (nSPS) is 28.5. The molecule has 2 aliphatic carbocycles. The van der Waals surface area contributed by atoms with Crippen molar-refractivity contribution in [1.82, 2.24) is 5.32 Å². The number of rotatable bonds is 10. The van der Waals surface area contributed by atoms with E-state index in [4.69, 9.17) is 9.47 Å². The van der Waals surface area contributed by atoms with Crippen molar-refractivity contribution in [2.24, 2.45) is 11.8 Å². The molecule has 0 saturated heterocycles. The van der Waals surface area contributed by atoms with Gasteiger partial charge in [0.15, 0.2) is 0 Å². The molecule has 0 aromatic rings. The molecular weight excluding hydrogens is 254 g/mol. The van der Waals surface area contributed by atoms with Crippen molar-refractivity contribution in [1.29, 1.82) is 0 Å². The Morgan fingerprint density at radius 2 is 2.10 bits per heavy atom. The van der Waals surface area contributed by atoms with Crippen LogP contribution in [0, 0.1) is 11.8 Å². The van der Waals surface area contributed by atoms with Gasteiger partial charge in [0, 0.05) is 19.7 Å². The fraction of sp³-hybridized carbons (Fsp3) is 1.00. The predicted octanol–water partition coefficient (Wildman–Crippen LogP) is 1.96. The van der Waals surface area contributed by atoms with Crippen LogP contribution >= 0.6 is 0 Å². The lowest BCUT2D eigenvalue weighted by molar-refractivity contribution is -0.0309. The third-order valence-corrected chi connectivity index (χ3v) is 4.27. The standard InChI is InChI=1S/C16H31NO3/c1-13-3-2-4-16(9-13)20-12-15(18)10-17-7-8-19-11-14-5-6-14/h13-18H,2-12H2,1H3. The third-order valence-electron chi connectivity index (χ3n) is 4.27. The highest BCUT2D eigenvalue weighted by Gasteiger charge is 2.21. The van der Waals surface area contributed by atoms with Crippen LogP contribution in [0.1, 0.15) is 45.4 Å². The van der Waals surface area contributed by atoms with Gasteiger partial charge in [0.05, 0.1) is 25.4 Å². The summed E-state index contributed by atoms with van der Waals surface area (Å²) in [5, 5.41) is 13.1. The first kappa shape index (κ1) is 16.2. The highest BCUT2D eigenvalue weighted by molar-refractivity contribution is 4.72. The molecule has 0 aliphatic heterocycles. The Morgan fingerprint density at radius 1 is 1.25 bits per heavy atom. The van der Waals surface area contributed by atoms with Crippen molar-refractivity contribution in [3.8, 4) is 0 Å². The number of ether oxygens (including phenoxy) is 2. The van der Waals surface area contributed by atoms with E-state index in [2.05, 4.69) is 12.2 Å². The molecule has 2 aliphatic rings. The summed E-state index contributed by atoms with van der Waals surface area (Å²) in [6.07, 6.45) is 7.51. The summed E-state index contributed by atoms with van der Waals surface area (Å²) in [5.74, 6) is 1.60. The summed E-state index contributed by atoms with van der Waals surface area (Å²) >= 11 is 0. The van der Waals surface area contributed by atoms with Crippen molar-refractivity contribution >= 4 is 0 Å². The minimum Gasteiger partial charge on any atom is -0.389 e. The monoisotopic (exact) mass is 285 g/mol. The van der Waals surface area contributed by atoms with Gasteiger partial charge in [-0.1, -0.05) is 19.8 Å². The molecule has 118 valence electrons. The Bertz CT molecular complexity index is 258. The summed E-state index contributed by atoms with van der Waals surface area (Å²) in [6.45, 7) is 5.79. The maximum atomic E-state index is 9.87. The topological polar surface area (TPSA) is 50.7 Å². The van der Waals surface area contributed by atoms with Gasteiger partial charge in [-0.3, -0.25) is 0 Å². The molecule has 2 saturated carbocycles. The van der Waals surface area contributed by atoms with E-state index < -0.39 is 6.10 Å². The molecule has 0 aromatic carbocycles. The zero-order chi connectivity index (χ0) is 14.2.